The fourth-order valence-corrected chi connectivity index (χ4v) is 1.93. The van der Waals surface area contributed by atoms with Gasteiger partial charge in [-0.25, -0.2) is 4.79 Å². The van der Waals surface area contributed by atoms with Crippen molar-refractivity contribution in [3.05, 3.63) is 0 Å². The molecule has 15 heavy (non-hydrogen) atoms. The topological polar surface area (TPSA) is 35.5 Å². The number of ether oxygens (including phenoxy) is 2. The number of rotatable bonds is 7. The molecule has 0 aromatic heterocycles. The molecule has 0 aliphatic rings. The highest BCUT2D eigenvalue weighted by molar-refractivity contribution is 5.59. The predicted molar refractivity (Wildman–Crippen MR) is 60.8 cm³/mol. The largest absolute Gasteiger partial charge is 0.507 e. The van der Waals surface area contributed by atoms with Crippen molar-refractivity contribution in [3.8, 4) is 0 Å². The molecule has 0 saturated carbocycles. The lowest BCUT2D eigenvalue weighted by atomic mass is 9.86. The van der Waals surface area contributed by atoms with Gasteiger partial charge in [0.1, 0.15) is 0 Å². The molecule has 3 heteroatoms. The van der Waals surface area contributed by atoms with Gasteiger partial charge < -0.3 is 9.47 Å². The van der Waals surface area contributed by atoms with Crippen LogP contribution in [0, 0.1) is 11.8 Å². The minimum atomic E-state index is -0.576. The van der Waals surface area contributed by atoms with E-state index < -0.39 is 6.16 Å². The molecule has 0 aromatic carbocycles. The molecule has 0 radical (unpaired) electrons. The van der Waals surface area contributed by atoms with Gasteiger partial charge in [0, 0.05) is 0 Å². The third-order valence-corrected chi connectivity index (χ3v) is 2.95. The van der Waals surface area contributed by atoms with Crippen molar-refractivity contribution < 1.29 is 14.3 Å². The Hall–Kier alpha value is -0.730. The van der Waals surface area contributed by atoms with Crippen molar-refractivity contribution in [3.63, 3.8) is 0 Å². The summed E-state index contributed by atoms with van der Waals surface area (Å²) >= 11 is 0. The van der Waals surface area contributed by atoms with Crippen LogP contribution in [0.15, 0.2) is 0 Å². The van der Waals surface area contributed by atoms with Crippen molar-refractivity contribution in [2.24, 2.45) is 11.8 Å². The molecule has 0 fully saturated rings. The molecule has 0 rings (SSSR count). The predicted octanol–water partition coefficient (Wildman–Crippen LogP) is 3.62. The Morgan fingerprint density at radius 2 is 1.93 bits per heavy atom. The summed E-state index contributed by atoms with van der Waals surface area (Å²) in [6.45, 7) is 7.14. The van der Waals surface area contributed by atoms with E-state index in [1.165, 1.54) is 20.0 Å². The summed E-state index contributed by atoms with van der Waals surface area (Å²) in [5.74, 6) is 1.36. The molecular weight excluding hydrogens is 192 g/mol. The van der Waals surface area contributed by atoms with Gasteiger partial charge in [0.25, 0.3) is 0 Å². The van der Waals surface area contributed by atoms with Crippen LogP contribution in [0.25, 0.3) is 0 Å². The Kier molecular flexibility index (Phi) is 8.15. The van der Waals surface area contributed by atoms with Crippen LogP contribution in [-0.4, -0.2) is 19.9 Å². The standard InChI is InChI=1S/C12H24O3/c1-5-7-10(3)11(6-2)8-9-15-12(13)14-4/h10-11H,5-9H2,1-4H3. The third kappa shape index (κ3) is 6.37. The molecule has 0 aliphatic heterocycles. The molecule has 2 unspecified atom stereocenters. The second kappa shape index (κ2) is 8.57. The second-order valence-electron chi connectivity index (χ2n) is 4.03. The minimum Gasteiger partial charge on any atom is -0.438 e. The number of carbonyl (C=O) groups is 1. The van der Waals surface area contributed by atoms with Crippen molar-refractivity contribution in [1.82, 2.24) is 0 Å². The van der Waals surface area contributed by atoms with Crippen LogP contribution in [-0.2, 0) is 9.47 Å². The van der Waals surface area contributed by atoms with E-state index in [-0.39, 0.29) is 0 Å². The van der Waals surface area contributed by atoms with Gasteiger partial charge in [-0.1, -0.05) is 40.0 Å². The van der Waals surface area contributed by atoms with Crippen molar-refractivity contribution in [1.29, 1.82) is 0 Å². The molecule has 90 valence electrons. The molecule has 0 aliphatic carbocycles. The SMILES string of the molecule is CCCC(C)C(CC)CCOC(=O)OC. The van der Waals surface area contributed by atoms with Gasteiger partial charge in [0.2, 0.25) is 0 Å². The minimum absolute atomic E-state index is 0.471. The van der Waals surface area contributed by atoms with Gasteiger partial charge in [-0.05, 0) is 18.3 Å². The third-order valence-electron chi connectivity index (χ3n) is 2.95. The monoisotopic (exact) mass is 216 g/mol. The Morgan fingerprint density at radius 1 is 1.27 bits per heavy atom. The lowest BCUT2D eigenvalue weighted by molar-refractivity contribution is 0.0651. The average Bonchev–Trinajstić information content (AvgIpc) is 2.24. The lowest BCUT2D eigenvalue weighted by Gasteiger charge is -2.21. The normalized spacial score (nSPS) is 14.4. The van der Waals surface area contributed by atoms with E-state index in [4.69, 9.17) is 4.74 Å². The van der Waals surface area contributed by atoms with Gasteiger partial charge in [0.15, 0.2) is 0 Å². The number of carbonyl (C=O) groups excluding carboxylic acids is 1. The maximum Gasteiger partial charge on any atom is 0.507 e. The van der Waals surface area contributed by atoms with Crippen LogP contribution in [0.2, 0.25) is 0 Å². The van der Waals surface area contributed by atoms with Crippen LogP contribution >= 0.6 is 0 Å². The highest BCUT2D eigenvalue weighted by Gasteiger charge is 2.15. The van der Waals surface area contributed by atoms with Crippen LogP contribution in [0.5, 0.6) is 0 Å². The van der Waals surface area contributed by atoms with Crippen molar-refractivity contribution in [2.45, 2.75) is 46.5 Å². The Bertz CT molecular complexity index is 168. The van der Waals surface area contributed by atoms with Crippen LogP contribution in [0.4, 0.5) is 4.79 Å². The Labute approximate surface area is 93.1 Å². The van der Waals surface area contributed by atoms with Gasteiger partial charge in [-0.3, -0.25) is 0 Å². The lowest BCUT2D eigenvalue weighted by Crippen LogP contribution is -2.15. The summed E-state index contributed by atoms with van der Waals surface area (Å²) in [6.07, 6.45) is 3.97. The summed E-state index contributed by atoms with van der Waals surface area (Å²) in [7, 11) is 1.33. The summed E-state index contributed by atoms with van der Waals surface area (Å²) < 4.78 is 9.30. The highest BCUT2D eigenvalue weighted by Crippen LogP contribution is 2.23. The molecule has 0 bridgehead atoms. The first-order chi connectivity index (χ1) is 7.15. The molecule has 0 aromatic rings. The van der Waals surface area contributed by atoms with Crippen LogP contribution < -0.4 is 0 Å². The van der Waals surface area contributed by atoms with Gasteiger partial charge in [0.05, 0.1) is 13.7 Å². The number of hydrogen-bond donors (Lipinski definition) is 0. The summed E-state index contributed by atoms with van der Waals surface area (Å²) in [5, 5.41) is 0. The van der Waals surface area contributed by atoms with E-state index in [2.05, 4.69) is 25.5 Å². The molecule has 0 amide bonds. The fourth-order valence-electron chi connectivity index (χ4n) is 1.93. The summed E-state index contributed by atoms with van der Waals surface area (Å²) in [5.41, 5.74) is 0. The highest BCUT2D eigenvalue weighted by atomic mass is 16.7. The maximum atomic E-state index is 10.7. The second-order valence-corrected chi connectivity index (χ2v) is 4.03. The quantitative estimate of drug-likeness (QED) is 0.610. The van der Waals surface area contributed by atoms with Gasteiger partial charge in [-0.2, -0.15) is 0 Å². The zero-order valence-electron chi connectivity index (χ0n) is 10.4. The van der Waals surface area contributed by atoms with Crippen molar-refractivity contribution >= 4 is 6.16 Å². The van der Waals surface area contributed by atoms with E-state index >= 15 is 0 Å². The van der Waals surface area contributed by atoms with E-state index in [0.717, 1.165) is 12.8 Å². The van der Waals surface area contributed by atoms with E-state index in [9.17, 15) is 4.79 Å². The average molecular weight is 216 g/mol. The Balaban J connectivity index is 3.74. The molecule has 3 nitrogen and oxygen atoms in total. The van der Waals surface area contributed by atoms with Gasteiger partial charge >= 0.3 is 6.16 Å². The van der Waals surface area contributed by atoms with Crippen LogP contribution in [0.3, 0.4) is 0 Å². The van der Waals surface area contributed by atoms with E-state index in [1.807, 2.05) is 0 Å². The zero-order valence-corrected chi connectivity index (χ0v) is 10.4. The number of methoxy groups -OCH3 is 1. The fraction of sp³-hybridized carbons (Fsp3) is 0.917. The zero-order chi connectivity index (χ0) is 11.7. The van der Waals surface area contributed by atoms with Gasteiger partial charge in [-0.15, -0.1) is 0 Å². The van der Waals surface area contributed by atoms with E-state index in [1.54, 1.807) is 0 Å². The van der Waals surface area contributed by atoms with Crippen molar-refractivity contribution in [2.75, 3.05) is 13.7 Å². The summed E-state index contributed by atoms with van der Waals surface area (Å²) in [4.78, 5) is 10.7. The first kappa shape index (κ1) is 14.3. The Morgan fingerprint density at radius 3 is 2.40 bits per heavy atom. The molecular formula is C12H24O3. The molecule has 0 saturated heterocycles. The molecule has 0 spiro atoms. The molecule has 0 heterocycles. The van der Waals surface area contributed by atoms with E-state index in [0.29, 0.717) is 18.4 Å². The molecule has 0 N–H and O–H groups in total. The first-order valence-corrected chi connectivity index (χ1v) is 5.86. The smallest absolute Gasteiger partial charge is 0.438 e. The maximum absolute atomic E-state index is 10.7. The molecule has 2 atom stereocenters. The number of hydrogen-bond acceptors (Lipinski definition) is 3. The summed E-state index contributed by atoms with van der Waals surface area (Å²) in [6, 6.07) is 0. The van der Waals surface area contributed by atoms with Crippen LogP contribution in [0.1, 0.15) is 46.5 Å². The first-order valence-electron chi connectivity index (χ1n) is 5.86.